The molecule has 0 aliphatic heterocycles. The SMILES string of the molecule is C#C[C@H](O)/C=C/CCCCCC/C=C/CCCCC#C[C@@H](O)C#C/C=C/CC/C=C/CCCCCCCCCCCCC/C=C/[C@@H](O)C#C. The second kappa shape index (κ2) is 39.3. The molecule has 49 heavy (non-hydrogen) atoms. The van der Waals surface area contributed by atoms with E-state index in [1.165, 1.54) is 96.3 Å². The molecule has 0 rings (SSSR count). The van der Waals surface area contributed by atoms with Crippen LogP contribution in [0.4, 0.5) is 0 Å². The first kappa shape index (κ1) is 45.8. The molecule has 0 aliphatic rings. The second-order valence-corrected chi connectivity index (χ2v) is 12.7. The monoisotopic (exact) mass is 669 g/mol. The quantitative estimate of drug-likeness (QED) is 0.0406. The van der Waals surface area contributed by atoms with Crippen LogP contribution in [-0.4, -0.2) is 33.6 Å². The number of unbranched alkanes of at least 4 members (excludes halogenated alkanes) is 21. The van der Waals surface area contributed by atoms with E-state index in [2.05, 4.69) is 65.9 Å². The van der Waals surface area contributed by atoms with Gasteiger partial charge in [0.2, 0.25) is 0 Å². The fraction of sp³-hybridized carbons (Fsp3) is 0.609. The largest absolute Gasteiger partial charge is 0.377 e. The van der Waals surface area contributed by atoms with Crippen LogP contribution in [0, 0.1) is 48.4 Å². The highest BCUT2D eigenvalue weighted by atomic mass is 16.3. The third kappa shape index (κ3) is 39.1. The molecule has 0 bridgehead atoms. The minimum Gasteiger partial charge on any atom is -0.377 e. The topological polar surface area (TPSA) is 60.7 Å². The van der Waals surface area contributed by atoms with E-state index in [1.54, 1.807) is 12.2 Å². The van der Waals surface area contributed by atoms with Crippen molar-refractivity contribution in [3.05, 3.63) is 60.8 Å². The summed E-state index contributed by atoms with van der Waals surface area (Å²) in [5, 5.41) is 28.4. The van der Waals surface area contributed by atoms with Crippen molar-refractivity contribution in [1.82, 2.24) is 0 Å². The minimum absolute atomic E-state index is 0.730. The molecule has 0 aromatic heterocycles. The molecule has 0 heterocycles. The molecule has 0 aromatic carbocycles. The zero-order valence-corrected chi connectivity index (χ0v) is 30.7. The molecule has 0 fully saturated rings. The third-order valence-electron chi connectivity index (χ3n) is 8.13. The smallest absolute Gasteiger partial charge is 0.176 e. The van der Waals surface area contributed by atoms with E-state index in [9.17, 15) is 15.3 Å². The average Bonchev–Trinajstić information content (AvgIpc) is 3.11. The summed E-state index contributed by atoms with van der Waals surface area (Å²) in [6, 6.07) is 0. The molecule has 3 heteroatoms. The van der Waals surface area contributed by atoms with Gasteiger partial charge in [0.15, 0.2) is 6.10 Å². The van der Waals surface area contributed by atoms with E-state index < -0.39 is 18.3 Å². The fourth-order valence-electron chi connectivity index (χ4n) is 5.17. The molecular weight excluding hydrogens is 601 g/mol. The molecule has 0 spiro atoms. The molecule has 0 aliphatic carbocycles. The van der Waals surface area contributed by atoms with Gasteiger partial charge in [-0.25, -0.2) is 0 Å². The summed E-state index contributed by atoms with van der Waals surface area (Å²) < 4.78 is 0. The van der Waals surface area contributed by atoms with Gasteiger partial charge in [-0.15, -0.1) is 12.8 Å². The lowest BCUT2D eigenvalue weighted by atomic mass is 10.0. The molecule has 0 radical (unpaired) electrons. The number of terminal acetylenes is 2. The van der Waals surface area contributed by atoms with Crippen molar-refractivity contribution in [2.75, 3.05) is 0 Å². The van der Waals surface area contributed by atoms with Gasteiger partial charge in [-0.3, -0.25) is 0 Å². The lowest BCUT2D eigenvalue weighted by Crippen LogP contribution is -1.97. The molecule has 3 N–H and O–H groups in total. The van der Waals surface area contributed by atoms with Gasteiger partial charge in [-0.2, -0.15) is 0 Å². The van der Waals surface area contributed by atoms with Crippen LogP contribution >= 0.6 is 0 Å². The van der Waals surface area contributed by atoms with Gasteiger partial charge < -0.3 is 15.3 Å². The highest BCUT2D eigenvalue weighted by Gasteiger charge is 1.95. The Morgan fingerprint density at radius 1 is 0.408 bits per heavy atom. The predicted molar refractivity (Wildman–Crippen MR) is 212 cm³/mol. The van der Waals surface area contributed by atoms with Gasteiger partial charge in [0.1, 0.15) is 12.2 Å². The molecule has 0 amide bonds. The number of aliphatic hydroxyl groups is 3. The van der Waals surface area contributed by atoms with Gasteiger partial charge >= 0.3 is 0 Å². The molecule has 3 atom stereocenters. The first-order valence-electron chi connectivity index (χ1n) is 19.3. The number of allylic oxidation sites excluding steroid dienone is 8. The van der Waals surface area contributed by atoms with Crippen molar-refractivity contribution in [3.8, 4) is 48.4 Å². The van der Waals surface area contributed by atoms with Crippen LogP contribution in [0.3, 0.4) is 0 Å². The summed E-state index contributed by atoms with van der Waals surface area (Å²) in [5.41, 5.74) is 0. The van der Waals surface area contributed by atoms with Crippen molar-refractivity contribution < 1.29 is 15.3 Å². The summed E-state index contributed by atoms with van der Waals surface area (Å²) >= 11 is 0. The zero-order chi connectivity index (χ0) is 35.7. The van der Waals surface area contributed by atoms with E-state index in [0.29, 0.717) is 0 Å². The Morgan fingerprint density at radius 3 is 1.22 bits per heavy atom. The highest BCUT2D eigenvalue weighted by molar-refractivity contribution is 5.24. The van der Waals surface area contributed by atoms with Crippen LogP contribution in [0.25, 0.3) is 0 Å². The Hall–Kier alpha value is -3.18. The van der Waals surface area contributed by atoms with E-state index in [4.69, 9.17) is 12.8 Å². The van der Waals surface area contributed by atoms with Crippen molar-refractivity contribution in [1.29, 1.82) is 0 Å². The van der Waals surface area contributed by atoms with E-state index in [0.717, 1.165) is 64.2 Å². The predicted octanol–water partition coefficient (Wildman–Crippen LogP) is 10.9. The molecular formula is C46H68O3. The van der Waals surface area contributed by atoms with Crippen molar-refractivity contribution in [3.63, 3.8) is 0 Å². The van der Waals surface area contributed by atoms with Crippen molar-refractivity contribution in [2.45, 2.75) is 179 Å². The van der Waals surface area contributed by atoms with E-state index in [1.807, 2.05) is 18.2 Å². The fourth-order valence-corrected chi connectivity index (χ4v) is 5.17. The lowest BCUT2D eigenvalue weighted by Gasteiger charge is -2.02. The number of hydrogen-bond acceptors (Lipinski definition) is 3. The van der Waals surface area contributed by atoms with Crippen LogP contribution in [-0.2, 0) is 0 Å². The summed E-state index contributed by atoms with van der Waals surface area (Å²) in [5.74, 6) is 16.2. The summed E-state index contributed by atoms with van der Waals surface area (Å²) in [6.07, 6.45) is 57.9. The summed E-state index contributed by atoms with van der Waals surface area (Å²) in [7, 11) is 0. The van der Waals surface area contributed by atoms with Gasteiger partial charge in [0, 0.05) is 6.42 Å². The number of hydrogen-bond donors (Lipinski definition) is 3. The first-order chi connectivity index (χ1) is 24.1. The maximum atomic E-state index is 9.93. The van der Waals surface area contributed by atoms with Crippen LogP contribution in [0.15, 0.2) is 60.8 Å². The first-order valence-corrected chi connectivity index (χ1v) is 19.3. The minimum atomic E-state index is -0.874. The van der Waals surface area contributed by atoms with Gasteiger partial charge in [-0.1, -0.05) is 149 Å². The Labute approximate surface area is 302 Å². The average molecular weight is 669 g/mol. The molecule has 270 valence electrons. The van der Waals surface area contributed by atoms with E-state index in [-0.39, 0.29) is 0 Å². The Kier molecular flexibility index (Phi) is 36.7. The van der Waals surface area contributed by atoms with Gasteiger partial charge in [0.25, 0.3) is 0 Å². The Morgan fingerprint density at radius 2 is 0.776 bits per heavy atom. The van der Waals surface area contributed by atoms with Gasteiger partial charge in [0.05, 0.1) is 0 Å². The molecule has 0 saturated heterocycles. The number of aliphatic hydroxyl groups excluding tert-OH is 3. The number of rotatable bonds is 30. The normalized spacial score (nSPS) is 13.4. The zero-order valence-electron chi connectivity index (χ0n) is 30.7. The van der Waals surface area contributed by atoms with E-state index >= 15 is 0 Å². The van der Waals surface area contributed by atoms with Crippen LogP contribution in [0.5, 0.6) is 0 Å². The van der Waals surface area contributed by atoms with Crippen molar-refractivity contribution >= 4 is 0 Å². The Balaban J connectivity index is 3.52. The molecule has 0 saturated carbocycles. The maximum absolute atomic E-state index is 9.93. The van der Waals surface area contributed by atoms with Crippen LogP contribution in [0.1, 0.15) is 161 Å². The standard InChI is InChI=1S/C46H68O3/c1-3-44(47)40-36-32-28-24-20-16-12-10-8-6-5-7-9-11-13-18-22-26-30-34-38-42-46(49)43-39-35-31-27-23-19-15-14-17-21-25-29-33-37-41-45(48)4-2/h1-2,13,15,18-19,30,34,36-37,40-41,44-49H,5-12,14,16-17,20-29,31-33,35H2/b18-13+,19-15+,34-30+,40-36+,41-37+/t44-,45-,46-/m0/s1. The lowest BCUT2D eigenvalue weighted by molar-refractivity contribution is 0.280. The van der Waals surface area contributed by atoms with Crippen LogP contribution < -0.4 is 0 Å². The molecule has 0 aromatic rings. The van der Waals surface area contributed by atoms with Crippen molar-refractivity contribution in [2.24, 2.45) is 0 Å². The second-order valence-electron chi connectivity index (χ2n) is 12.7. The molecule has 0 unspecified atom stereocenters. The summed E-state index contributed by atoms with van der Waals surface area (Å²) in [4.78, 5) is 0. The summed E-state index contributed by atoms with van der Waals surface area (Å²) in [6.45, 7) is 0. The van der Waals surface area contributed by atoms with Crippen LogP contribution in [0.2, 0.25) is 0 Å². The third-order valence-corrected chi connectivity index (χ3v) is 8.13. The maximum Gasteiger partial charge on any atom is 0.176 e. The molecule has 3 nitrogen and oxygen atoms in total. The van der Waals surface area contributed by atoms with Gasteiger partial charge in [-0.05, 0) is 102 Å². The highest BCUT2D eigenvalue weighted by Crippen LogP contribution is 2.13. The Bertz CT molecular complexity index is 1100.